The Morgan fingerprint density at radius 3 is 2.83 bits per heavy atom. The van der Waals surface area contributed by atoms with E-state index < -0.39 is 16.4 Å². The average molecular weight is 257 g/mol. The highest BCUT2D eigenvalue weighted by atomic mass is 19.1. The van der Waals surface area contributed by atoms with Crippen molar-refractivity contribution >= 4 is 11.7 Å². The molecule has 0 aliphatic carbocycles. The third-order valence-corrected chi connectivity index (χ3v) is 2.13. The second-order valence-electron chi connectivity index (χ2n) is 3.40. The molecule has 98 valence electrons. The van der Waals surface area contributed by atoms with Crippen molar-refractivity contribution in [2.45, 2.75) is 12.8 Å². The number of esters is 1. The van der Waals surface area contributed by atoms with Gasteiger partial charge in [-0.3, -0.25) is 14.9 Å². The lowest BCUT2D eigenvalue weighted by Crippen LogP contribution is -2.05. The molecule has 0 saturated carbocycles. The zero-order valence-corrected chi connectivity index (χ0v) is 9.72. The molecule has 0 aliphatic rings. The van der Waals surface area contributed by atoms with E-state index in [2.05, 4.69) is 4.74 Å². The molecule has 0 atom stereocenters. The van der Waals surface area contributed by atoms with Crippen LogP contribution in [0.5, 0.6) is 5.75 Å². The summed E-state index contributed by atoms with van der Waals surface area (Å²) in [6, 6.07) is 3.05. The first kappa shape index (κ1) is 13.9. The Hall–Kier alpha value is -2.18. The number of nitrogens with zero attached hydrogens (tertiary/aromatic N) is 1. The molecule has 18 heavy (non-hydrogen) atoms. The van der Waals surface area contributed by atoms with Crippen molar-refractivity contribution < 1.29 is 23.6 Å². The second kappa shape index (κ2) is 6.53. The van der Waals surface area contributed by atoms with Gasteiger partial charge in [-0.15, -0.1) is 0 Å². The zero-order chi connectivity index (χ0) is 13.5. The third-order valence-electron chi connectivity index (χ3n) is 2.13. The van der Waals surface area contributed by atoms with E-state index in [1.165, 1.54) is 13.2 Å². The molecule has 1 aromatic carbocycles. The largest absolute Gasteiger partial charge is 0.487 e. The van der Waals surface area contributed by atoms with Crippen molar-refractivity contribution in [3.8, 4) is 5.75 Å². The van der Waals surface area contributed by atoms with E-state index in [1.54, 1.807) is 0 Å². The summed E-state index contributed by atoms with van der Waals surface area (Å²) in [4.78, 5) is 20.7. The quantitative estimate of drug-likeness (QED) is 0.337. The molecule has 6 nitrogen and oxygen atoms in total. The maximum atomic E-state index is 12.8. The molecular formula is C11H12FNO5. The van der Waals surface area contributed by atoms with Crippen LogP contribution in [0.25, 0.3) is 0 Å². The Bertz CT molecular complexity index is 449. The molecule has 0 bridgehead atoms. The van der Waals surface area contributed by atoms with Crippen LogP contribution in [0, 0.1) is 15.9 Å². The van der Waals surface area contributed by atoms with Crippen molar-refractivity contribution in [3.63, 3.8) is 0 Å². The fourth-order valence-corrected chi connectivity index (χ4v) is 1.26. The van der Waals surface area contributed by atoms with Crippen molar-refractivity contribution in [2.24, 2.45) is 0 Å². The van der Waals surface area contributed by atoms with E-state index >= 15 is 0 Å². The molecular weight excluding hydrogens is 245 g/mol. The summed E-state index contributed by atoms with van der Waals surface area (Å²) in [7, 11) is 1.27. The van der Waals surface area contributed by atoms with Crippen LogP contribution < -0.4 is 4.74 Å². The number of carbonyl (C=O) groups is 1. The molecule has 0 heterocycles. The topological polar surface area (TPSA) is 78.7 Å². The predicted octanol–water partition coefficient (Wildman–Crippen LogP) is 2.07. The number of nitro groups is 1. The SMILES string of the molecule is COC(=O)CCCOc1ccc(F)cc1[N+](=O)[O-]. The lowest BCUT2D eigenvalue weighted by atomic mass is 10.3. The molecule has 0 saturated heterocycles. The molecule has 0 spiro atoms. The van der Waals surface area contributed by atoms with E-state index in [9.17, 15) is 19.3 Å². The minimum atomic E-state index is -0.723. The van der Waals surface area contributed by atoms with Crippen LogP contribution >= 0.6 is 0 Å². The number of hydrogen-bond donors (Lipinski definition) is 0. The summed E-state index contributed by atoms with van der Waals surface area (Å²) in [6.45, 7) is 0.113. The highest BCUT2D eigenvalue weighted by molar-refractivity contribution is 5.69. The monoisotopic (exact) mass is 257 g/mol. The van der Waals surface area contributed by atoms with E-state index in [0.717, 1.165) is 12.1 Å². The number of halogens is 1. The van der Waals surface area contributed by atoms with Crippen LogP contribution in [0.4, 0.5) is 10.1 Å². The van der Waals surface area contributed by atoms with Gasteiger partial charge in [-0.1, -0.05) is 0 Å². The van der Waals surface area contributed by atoms with Crippen molar-refractivity contribution in [1.29, 1.82) is 0 Å². The fourth-order valence-electron chi connectivity index (χ4n) is 1.26. The smallest absolute Gasteiger partial charge is 0.313 e. The average Bonchev–Trinajstić information content (AvgIpc) is 2.35. The molecule has 0 N–H and O–H groups in total. The van der Waals surface area contributed by atoms with Gasteiger partial charge in [0.2, 0.25) is 0 Å². The maximum absolute atomic E-state index is 12.8. The van der Waals surface area contributed by atoms with Crippen LogP contribution in [0.3, 0.4) is 0 Å². The van der Waals surface area contributed by atoms with Crippen LogP contribution in [0.1, 0.15) is 12.8 Å². The number of nitro benzene ring substituents is 1. The molecule has 0 aromatic heterocycles. The van der Waals surface area contributed by atoms with Gasteiger partial charge in [0, 0.05) is 6.42 Å². The number of methoxy groups -OCH3 is 1. The predicted molar refractivity (Wildman–Crippen MR) is 59.8 cm³/mol. The minimum absolute atomic E-state index is 0.0220. The summed E-state index contributed by atoms with van der Waals surface area (Å²) < 4.78 is 22.4. The van der Waals surface area contributed by atoms with Crippen molar-refractivity contribution in [3.05, 3.63) is 34.1 Å². The minimum Gasteiger partial charge on any atom is -0.487 e. The Balaban J connectivity index is 2.56. The Kier molecular flexibility index (Phi) is 5.04. The molecule has 1 aromatic rings. The Labute approximate surface area is 102 Å². The standard InChI is InChI=1S/C11H12FNO5/c1-17-11(14)3-2-6-18-10-5-4-8(12)7-9(10)13(15)16/h4-5,7H,2-3,6H2,1H3. The summed E-state index contributed by atoms with van der Waals surface area (Å²) in [5, 5.41) is 10.6. The summed E-state index contributed by atoms with van der Waals surface area (Å²) >= 11 is 0. The summed E-state index contributed by atoms with van der Waals surface area (Å²) in [6.07, 6.45) is 0.521. The second-order valence-corrected chi connectivity index (χ2v) is 3.40. The van der Waals surface area contributed by atoms with Gasteiger partial charge in [-0.2, -0.15) is 0 Å². The number of carbonyl (C=O) groups excluding carboxylic acids is 1. The van der Waals surface area contributed by atoms with Crippen molar-refractivity contribution in [2.75, 3.05) is 13.7 Å². The van der Waals surface area contributed by atoms with Crippen LogP contribution in [0.2, 0.25) is 0 Å². The van der Waals surface area contributed by atoms with Gasteiger partial charge in [0.15, 0.2) is 5.75 Å². The van der Waals surface area contributed by atoms with Gasteiger partial charge in [0.05, 0.1) is 24.7 Å². The van der Waals surface area contributed by atoms with Crippen molar-refractivity contribution in [1.82, 2.24) is 0 Å². The number of benzene rings is 1. The van der Waals surface area contributed by atoms with E-state index in [0.29, 0.717) is 6.42 Å². The molecule has 7 heteroatoms. The molecule has 0 aliphatic heterocycles. The number of hydrogen-bond acceptors (Lipinski definition) is 5. The lowest BCUT2D eigenvalue weighted by molar-refractivity contribution is -0.386. The molecule has 0 fully saturated rings. The maximum Gasteiger partial charge on any atom is 0.313 e. The summed E-state index contributed by atoms with van der Waals surface area (Å²) in [5.74, 6) is -1.11. The first-order valence-corrected chi connectivity index (χ1v) is 5.18. The van der Waals surface area contributed by atoms with Gasteiger partial charge < -0.3 is 9.47 Å². The third kappa shape index (κ3) is 4.00. The molecule has 1 rings (SSSR count). The van der Waals surface area contributed by atoms with E-state index in [-0.39, 0.29) is 24.7 Å². The Morgan fingerprint density at radius 1 is 1.50 bits per heavy atom. The van der Waals surface area contributed by atoms with E-state index in [4.69, 9.17) is 4.74 Å². The van der Waals surface area contributed by atoms with Gasteiger partial charge >= 0.3 is 11.7 Å². The van der Waals surface area contributed by atoms with Crippen LogP contribution in [0.15, 0.2) is 18.2 Å². The Morgan fingerprint density at radius 2 is 2.22 bits per heavy atom. The van der Waals surface area contributed by atoms with Gasteiger partial charge in [-0.25, -0.2) is 4.39 Å². The van der Waals surface area contributed by atoms with Crippen LogP contribution in [-0.2, 0) is 9.53 Å². The first-order chi connectivity index (χ1) is 8.54. The normalized spacial score (nSPS) is 9.89. The van der Waals surface area contributed by atoms with Gasteiger partial charge in [-0.05, 0) is 18.6 Å². The highest BCUT2D eigenvalue weighted by Crippen LogP contribution is 2.27. The highest BCUT2D eigenvalue weighted by Gasteiger charge is 2.16. The lowest BCUT2D eigenvalue weighted by Gasteiger charge is -2.06. The molecule has 0 unspecified atom stereocenters. The van der Waals surface area contributed by atoms with Gasteiger partial charge in [0.1, 0.15) is 5.82 Å². The van der Waals surface area contributed by atoms with E-state index in [1.807, 2.05) is 0 Å². The number of rotatable bonds is 6. The zero-order valence-electron chi connectivity index (χ0n) is 9.72. The van der Waals surface area contributed by atoms with Crippen LogP contribution in [-0.4, -0.2) is 24.6 Å². The fraction of sp³-hybridized carbons (Fsp3) is 0.364. The summed E-state index contributed by atoms with van der Waals surface area (Å²) in [5.41, 5.74) is -0.437. The van der Waals surface area contributed by atoms with Gasteiger partial charge in [0.25, 0.3) is 0 Å². The first-order valence-electron chi connectivity index (χ1n) is 5.18. The molecule has 0 radical (unpaired) electrons. The molecule has 0 amide bonds. The number of ether oxygens (including phenoxy) is 2.